The van der Waals surface area contributed by atoms with Crippen LogP contribution in [-0.2, 0) is 26.2 Å². The maximum atomic E-state index is 14.1. The Morgan fingerprint density at radius 1 is 0.925 bits per heavy atom. The van der Waals surface area contributed by atoms with Crippen molar-refractivity contribution in [2.45, 2.75) is 51.6 Å². The number of ether oxygens (including phenoxy) is 1. The van der Waals surface area contributed by atoms with E-state index in [0.717, 1.165) is 15.4 Å². The number of benzene rings is 3. The first-order chi connectivity index (χ1) is 19.1. The van der Waals surface area contributed by atoms with E-state index in [1.807, 2.05) is 52.0 Å². The fourth-order valence-corrected chi connectivity index (χ4v) is 5.66. The normalized spacial score (nSPS) is 12.1. The molecule has 0 unspecified atom stereocenters. The molecule has 3 aromatic rings. The van der Waals surface area contributed by atoms with Crippen LogP contribution in [0, 0.1) is 12.8 Å². The molecule has 0 heterocycles. The van der Waals surface area contributed by atoms with Crippen LogP contribution in [0.4, 0.5) is 5.69 Å². The second-order valence-corrected chi connectivity index (χ2v) is 12.0. The first kappa shape index (κ1) is 30.7. The highest BCUT2D eigenvalue weighted by Crippen LogP contribution is 2.26. The predicted octanol–water partition coefficient (Wildman–Crippen LogP) is 4.78. The molecular formula is C31H39N3O5S. The summed E-state index contributed by atoms with van der Waals surface area (Å²) in [4.78, 5) is 28.9. The fourth-order valence-electron chi connectivity index (χ4n) is 4.23. The minimum absolute atomic E-state index is 0.0606. The zero-order valence-electron chi connectivity index (χ0n) is 23.8. The van der Waals surface area contributed by atoms with E-state index in [-0.39, 0.29) is 23.3 Å². The van der Waals surface area contributed by atoms with Crippen molar-refractivity contribution in [2.75, 3.05) is 24.5 Å². The molecule has 8 nitrogen and oxygen atoms in total. The molecule has 0 radical (unpaired) electrons. The van der Waals surface area contributed by atoms with E-state index in [1.165, 1.54) is 24.1 Å². The van der Waals surface area contributed by atoms with Gasteiger partial charge in [-0.25, -0.2) is 8.42 Å². The molecule has 0 saturated carbocycles. The van der Waals surface area contributed by atoms with E-state index >= 15 is 0 Å². The van der Waals surface area contributed by atoms with E-state index < -0.39 is 28.5 Å². The van der Waals surface area contributed by atoms with Crippen LogP contribution in [0.3, 0.4) is 0 Å². The summed E-state index contributed by atoms with van der Waals surface area (Å²) in [5.41, 5.74) is 2.23. The smallest absolute Gasteiger partial charge is 0.264 e. The summed E-state index contributed by atoms with van der Waals surface area (Å²) >= 11 is 0. The molecule has 0 saturated heterocycles. The van der Waals surface area contributed by atoms with Gasteiger partial charge in [-0.15, -0.1) is 0 Å². The lowest BCUT2D eigenvalue weighted by Crippen LogP contribution is -2.52. The number of nitrogens with zero attached hydrogens (tertiary/aromatic N) is 2. The highest BCUT2D eigenvalue weighted by atomic mass is 32.2. The lowest BCUT2D eigenvalue weighted by Gasteiger charge is -2.33. The van der Waals surface area contributed by atoms with Crippen molar-refractivity contribution in [1.82, 2.24) is 10.2 Å². The van der Waals surface area contributed by atoms with Gasteiger partial charge in [-0.05, 0) is 61.2 Å². The van der Waals surface area contributed by atoms with Crippen LogP contribution in [0.2, 0.25) is 0 Å². The minimum Gasteiger partial charge on any atom is -0.497 e. The molecule has 0 bridgehead atoms. The number of amides is 2. The third kappa shape index (κ3) is 7.85. The minimum atomic E-state index is -4.11. The lowest BCUT2D eigenvalue weighted by molar-refractivity contribution is -0.140. The standard InChI is InChI=1S/C31H39N3O5S/c1-6-29(31(36)32-20-23(2)3)33(21-25-14-12-24(4)13-15-25)30(35)22-34(26-16-18-27(39-5)19-17-26)40(37,38)28-10-8-7-9-11-28/h7-19,23,29H,6,20-22H2,1-5H3,(H,32,36)/t29-/m0/s1. The molecule has 214 valence electrons. The zero-order valence-corrected chi connectivity index (χ0v) is 24.6. The summed E-state index contributed by atoms with van der Waals surface area (Å²) < 4.78 is 34.0. The van der Waals surface area contributed by atoms with E-state index in [4.69, 9.17) is 4.74 Å². The maximum absolute atomic E-state index is 14.1. The highest BCUT2D eigenvalue weighted by molar-refractivity contribution is 7.92. The molecule has 0 aliphatic heterocycles. The Morgan fingerprint density at radius 3 is 2.10 bits per heavy atom. The number of hydrogen-bond donors (Lipinski definition) is 1. The number of carbonyl (C=O) groups excluding carboxylic acids is 2. The molecule has 0 spiro atoms. The van der Waals surface area contributed by atoms with Crippen LogP contribution in [0.5, 0.6) is 5.75 Å². The number of aryl methyl sites for hydroxylation is 1. The van der Waals surface area contributed by atoms with Gasteiger partial charge in [-0.2, -0.15) is 0 Å². The van der Waals surface area contributed by atoms with Crippen LogP contribution in [0.1, 0.15) is 38.3 Å². The van der Waals surface area contributed by atoms with Gasteiger partial charge in [0.25, 0.3) is 10.0 Å². The Labute approximate surface area is 238 Å². The van der Waals surface area contributed by atoms with Crippen LogP contribution in [0.15, 0.2) is 83.8 Å². The molecule has 0 aliphatic carbocycles. The first-order valence-corrected chi connectivity index (χ1v) is 14.8. The molecular weight excluding hydrogens is 526 g/mol. The number of carbonyl (C=O) groups is 2. The molecule has 9 heteroatoms. The average Bonchev–Trinajstić information content (AvgIpc) is 2.96. The summed E-state index contributed by atoms with van der Waals surface area (Å²) in [6.07, 6.45) is 0.371. The molecule has 2 amide bonds. The Hall–Kier alpha value is -3.85. The Kier molecular flexibility index (Phi) is 10.7. The fraction of sp³-hybridized carbons (Fsp3) is 0.355. The van der Waals surface area contributed by atoms with E-state index in [0.29, 0.717) is 24.4 Å². The molecule has 3 aromatic carbocycles. The largest absolute Gasteiger partial charge is 0.497 e. The van der Waals surface area contributed by atoms with Crippen molar-refractivity contribution < 1.29 is 22.7 Å². The average molecular weight is 566 g/mol. The molecule has 0 aliphatic rings. The highest BCUT2D eigenvalue weighted by Gasteiger charge is 2.33. The van der Waals surface area contributed by atoms with Gasteiger partial charge in [0.1, 0.15) is 18.3 Å². The molecule has 3 rings (SSSR count). The Morgan fingerprint density at radius 2 is 1.55 bits per heavy atom. The monoisotopic (exact) mass is 565 g/mol. The van der Waals surface area contributed by atoms with Crippen molar-refractivity contribution in [2.24, 2.45) is 5.92 Å². The van der Waals surface area contributed by atoms with Crippen LogP contribution >= 0.6 is 0 Å². The predicted molar refractivity (Wildman–Crippen MR) is 158 cm³/mol. The van der Waals surface area contributed by atoms with Gasteiger partial charge >= 0.3 is 0 Å². The Bertz CT molecular complexity index is 1360. The van der Waals surface area contributed by atoms with Gasteiger partial charge < -0.3 is 15.0 Å². The summed E-state index contributed by atoms with van der Waals surface area (Å²) in [7, 11) is -2.59. The quantitative estimate of drug-likeness (QED) is 0.322. The number of hydrogen-bond acceptors (Lipinski definition) is 5. The second-order valence-electron chi connectivity index (χ2n) is 10.1. The van der Waals surface area contributed by atoms with Gasteiger partial charge in [0.2, 0.25) is 11.8 Å². The van der Waals surface area contributed by atoms with Crippen molar-refractivity contribution >= 4 is 27.5 Å². The number of methoxy groups -OCH3 is 1. The molecule has 0 fully saturated rings. The van der Waals surface area contributed by atoms with E-state index in [9.17, 15) is 18.0 Å². The van der Waals surface area contributed by atoms with Gasteiger partial charge in [0, 0.05) is 13.1 Å². The summed E-state index contributed by atoms with van der Waals surface area (Å²) in [6, 6.07) is 21.4. The number of sulfonamides is 1. The van der Waals surface area contributed by atoms with Crippen LogP contribution < -0.4 is 14.4 Å². The van der Waals surface area contributed by atoms with E-state index in [2.05, 4.69) is 5.32 Å². The number of anilines is 1. The summed E-state index contributed by atoms with van der Waals surface area (Å²) in [6.45, 7) is 7.97. The van der Waals surface area contributed by atoms with Crippen LogP contribution in [-0.4, -0.2) is 51.4 Å². The molecule has 0 aromatic heterocycles. The van der Waals surface area contributed by atoms with Gasteiger partial charge in [-0.1, -0.05) is 68.8 Å². The Balaban J connectivity index is 2.03. The van der Waals surface area contributed by atoms with Gasteiger partial charge in [-0.3, -0.25) is 13.9 Å². The zero-order chi connectivity index (χ0) is 29.3. The number of nitrogens with one attached hydrogen (secondary N) is 1. The van der Waals surface area contributed by atoms with Crippen LogP contribution in [0.25, 0.3) is 0 Å². The number of rotatable bonds is 13. The van der Waals surface area contributed by atoms with E-state index in [1.54, 1.807) is 42.5 Å². The van der Waals surface area contributed by atoms with Gasteiger partial charge in [0.15, 0.2) is 0 Å². The first-order valence-electron chi connectivity index (χ1n) is 13.4. The molecule has 1 N–H and O–H groups in total. The van der Waals surface area contributed by atoms with Gasteiger partial charge in [0.05, 0.1) is 17.7 Å². The maximum Gasteiger partial charge on any atom is 0.264 e. The lowest BCUT2D eigenvalue weighted by atomic mass is 10.1. The molecule has 1 atom stereocenters. The second kappa shape index (κ2) is 14.0. The van der Waals surface area contributed by atoms with Crippen molar-refractivity contribution in [3.63, 3.8) is 0 Å². The van der Waals surface area contributed by atoms with Crippen molar-refractivity contribution in [3.8, 4) is 5.75 Å². The summed E-state index contributed by atoms with van der Waals surface area (Å²) in [5.74, 6) is 0.0475. The van der Waals surface area contributed by atoms with Crippen molar-refractivity contribution in [3.05, 3.63) is 90.0 Å². The summed E-state index contributed by atoms with van der Waals surface area (Å²) in [5, 5.41) is 2.94. The third-order valence-electron chi connectivity index (χ3n) is 6.51. The van der Waals surface area contributed by atoms with Crippen molar-refractivity contribution in [1.29, 1.82) is 0 Å². The SMILES string of the molecule is CC[C@@H](C(=O)NCC(C)C)N(Cc1ccc(C)cc1)C(=O)CN(c1ccc(OC)cc1)S(=O)(=O)c1ccccc1. The third-order valence-corrected chi connectivity index (χ3v) is 8.30. The molecule has 40 heavy (non-hydrogen) atoms. The topological polar surface area (TPSA) is 96.0 Å².